The van der Waals surface area contributed by atoms with E-state index in [-0.39, 0.29) is 41.1 Å². The number of ether oxygens (including phenoxy) is 1. The first kappa shape index (κ1) is 34.0. The van der Waals surface area contributed by atoms with Crippen LogP contribution < -0.4 is 14.4 Å². The average Bonchev–Trinajstić information content (AvgIpc) is 3.56. The van der Waals surface area contributed by atoms with Gasteiger partial charge in [-0.05, 0) is 43.2 Å². The first-order chi connectivity index (χ1) is 21.3. The molecular formula is C30H36BFN8O3S. The molecule has 1 fully saturated rings. The Morgan fingerprint density at radius 3 is 2.61 bits per heavy atom. The molecule has 1 aliphatic rings. The van der Waals surface area contributed by atoms with Crippen LogP contribution in [0.2, 0.25) is 12.6 Å². The molecular weight excluding hydrogens is 582 g/mol. The maximum Gasteiger partial charge on any atom is 0.268 e. The van der Waals surface area contributed by atoms with Crippen molar-refractivity contribution in [2.75, 3.05) is 30.3 Å². The third-order valence-corrected chi connectivity index (χ3v) is 8.33. The van der Waals surface area contributed by atoms with Crippen LogP contribution in [0.1, 0.15) is 55.6 Å². The van der Waals surface area contributed by atoms with E-state index in [2.05, 4.69) is 20.8 Å². The first-order valence-corrected chi connectivity index (χ1v) is 15.5. The quantitative estimate of drug-likeness (QED) is 0.118. The Balaban J connectivity index is 0.00000259. The van der Waals surface area contributed by atoms with Gasteiger partial charge in [0.2, 0.25) is 0 Å². The summed E-state index contributed by atoms with van der Waals surface area (Å²) in [5.74, 6) is 1.32. The molecule has 0 aliphatic carbocycles. The second-order valence-electron chi connectivity index (χ2n) is 9.82. The number of aliphatic imine (C=N–C) groups is 1. The van der Waals surface area contributed by atoms with E-state index in [1.165, 1.54) is 22.5 Å². The Morgan fingerprint density at radius 1 is 1.25 bits per heavy atom. The Hall–Kier alpha value is -4.53. The molecule has 0 bridgehead atoms. The molecule has 4 rings (SSSR count). The summed E-state index contributed by atoms with van der Waals surface area (Å²) < 4.78 is 39.0. The summed E-state index contributed by atoms with van der Waals surface area (Å²) in [7, 11) is 3.45. The minimum absolute atomic E-state index is 0.120. The van der Waals surface area contributed by atoms with Gasteiger partial charge in [0, 0.05) is 38.4 Å². The maximum absolute atomic E-state index is 14.7. The number of nitrogens with one attached hydrogen (secondary N) is 1. The molecule has 0 amide bonds. The van der Waals surface area contributed by atoms with Gasteiger partial charge >= 0.3 is 0 Å². The van der Waals surface area contributed by atoms with E-state index in [0.29, 0.717) is 18.5 Å². The van der Waals surface area contributed by atoms with Gasteiger partial charge in [-0.3, -0.25) is 14.2 Å². The van der Waals surface area contributed by atoms with Crippen molar-refractivity contribution in [3.8, 4) is 23.5 Å². The van der Waals surface area contributed by atoms with Gasteiger partial charge in [-0.15, -0.1) is 0 Å². The van der Waals surface area contributed by atoms with Gasteiger partial charge in [0.25, 0.3) is 6.71 Å². The molecule has 2 heterocycles. The van der Waals surface area contributed by atoms with Crippen molar-refractivity contribution in [1.82, 2.24) is 14.1 Å². The number of anilines is 2. The highest BCUT2D eigenvalue weighted by molar-refractivity contribution is 7.84. The van der Waals surface area contributed by atoms with Crippen molar-refractivity contribution in [3.63, 3.8) is 0 Å². The summed E-state index contributed by atoms with van der Waals surface area (Å²) in [5.41, 5.74) is 1.35. The third kappa shape index (κ3) is 8.31. The Labute approximate surface area is 260 Å². The topological polar surface area (TPSA) is 140 Å². The summed E-state index contributed by atoms with van der Waals surface area (Å²) in [4.78, 5) is 18.1. The van der Waals surface area contributed by atoms with Crippen molar-refractivity contribution in [2.45, 2.75) is 52.3 Å². The molecule has 2 aromatic carbocycles. The summed E-state index contributed by atoms with van der Waals surface area (Å²) in [5, 5.41) is 23.3. The minimum Gasteiger partial charge on any atom is -0.453 e. The highest BCUT2D eigenvalue weighted by atomic mass is 32.2. The Morgan fingerprint density at radius 2 is 1.98 bits per heavy atom. The molecule has 44 heavy (non-hydrogen) atoms. The molecule has 1 N–H and O–H groups in total. The molecule has 230 valence electrons. The number of rotatable bonds is 11. The first-order valence-electron chi connectivity index (χ1n) is 14.4. The van der Waals surface area contributed by atoms with Crippen LogP contribution in [0.15, 0.2) is 47.7 Å². The van der Waals surface area contributed by atoms with Crippen molar-refractivity contribution < 1.29 is 18.1 Å². The summed E-state index contributed by atoms with van der Waals surface area (Å²) in [6.07, 6.45) is 9.39. The number of aldehydes is 1. The van der Waals surface area contributed by atoms with Crippen LogP contribution in [0.4, 0.5) is 21.5 Å². The fourth-order valence-electron chi connectivity index (χ4n) is 4.46. The van der Waals surface area contributed by atoms with E-state index in [1.807, 2.05) is 44.8 Å². The highest BCUT2D eigenvalue weighted by Gasteiger charge is 2.26. The van der Waals surface area contributed by atoms with Crippen LogP contribution in [-0.4, -0.2) is 58.3 Å². The van der Waals surface area contributed by atoms with Gasteiger partial charge in [-0.25, -0.2) is 23.2 Å². The molecule has 3 aromatic rings. The smallest absolute Gasteiger partial charge is 0.268 e. The molecule has 1 aromatic heterocycles. The number of hydrogen-bond donors (Lipinski definition) is 1. The number of nitrogens with zero attached hydrogens (tertiary/aromatic N) is 7. The van der Waals surface area contributed by atoms with Crippen LogP contribution in [0.3, 0.4) is 0 Å². The summed E-state index contributed by atoms with van der Waals surface area (Å²) in [6, 6.07) is 9.05. The van der Waals surface area contributed by atoms with E-state index < -0.39 is 17.0 Å². The predicted molar refractivity (Wildman–Crippen MR) is 172 cm³/mol. The number of carbonyl (C=O) groups excluding carboxylic acids is 1. The summed E-state index contributed by atoms with van der Waals surface area (Å²) in [6.45, 7) is 6.42. The second-order valence-corrected chi connectivity index (χ2v) is 11.1. The fraction of sp³-hybridized carbons (Fsp3) is 0.367. The molecule has 1 aliphatic heterocycles. The van der Waals surface area contributed by atoms with Gasteiger partial charge in [-0.1, -0.05) is 33.4 Å². The van der Waals surface area contributed by atoms with Gasteiger partial charge in [-0.2, -0.15) is 10.4 Å². The normalized spacial score (nSPS) is 13.9. The van der Waals surface area contributed by atoms with Crippen molar-refractivity contribution in [2.24, 2.45) is 4.99 Å². The maximum atomic E-state index is 14.7. The third-order valence-electron chi connectivity index (χ3n) is 7.11. The fourth-order valence-corrected chi connectivity index (χ4v) is 5.21. The number of aromatic nitrogens is 2. The lowest BCUT2D eigenvalue weighted by atomic mass is 9.42. The van der Waals surface area contributed by atoms with E-state index in [9.17, 15) is 18.7 Å². The molecule has 0 radical (unpaired) electrons. The van der Waals surface area contributed by atoms with Gasteiger partial charge < -0.3 is 9.64 Å². The molecule has 1 saturated heterocycles. The number of benzene rings is 2. The monoisotopic (exact) mass is 618 g/mol. The standard InChI is InChI=1S/C28H30BFN8O3S.C2H6/c1-4-37(3)42(40)35-27-8-6-25(30)28(24(27)14-31)41-23-5-7-26(20(13-23)17-39)33-19-36(2)22-15-34-38(16-22)21-9-11-29(18-32)12-10-21;1-2/h5-8,13,15-17,19,21,35H,4,9-12H2,1-3H3;1-2H3. The van der Waals surface area contributed by atoms with E-state index in [0.717, 1.165) is 37.2 Å². The van der Waals surface area contributed by atoms with E-state index >= 15 is 0 Å². The van der Waals surface area contributed by atoms with Crippen LogP contribution in [0.25, 0.3) is 0 Å². The number of nitriles is 2. The van der Waals surface area contributed by atoms with Crippen LogP contribution in [0.5, 0.6) is 11.5 Å². The van der Waals surface area contributed by atoms with Crippen LogP contribution in [0, 0.1) is 28.4 Å². The van der Waals surface area contributed by atoms with Gasteiger partial charge in [0.1, 0.15) is 17.4 Å². The van der Waals surface area contributed by atoms with Crippen molar-refractivity contribution in [1.29, 1.82) is 10.5 Å². The number of halogens is 1. The molecule has 0 spiro atoms. The SMILES string of the molecule is CC.CCN(C)S(=O)Nc1ccc(F)c(Oc2ccc(N=CN(C)c3cnn(C4CCB(C#N)CC4)c3)c(C=O)c2)c1C#N. The van der Waals surface area contributed by atoms with Crippen molar-refractivity contribution >= 4 is 47.6 Å². The number of hydrogen-bond acceptors (Lipinski definition) is 7. The van der Waals surface area contributed by atoms with E-state index in [4.69, 9.17) is 10.00 Å². The zero-order chi connectivity index (χ0) is 32.2. The lowest BCUT2D eigenvalue weighted by molar-refractivity contribution is 0.112. The zero-order valence-corrected chi connectivity index (χ0v) is 26.3. The van der Waals surface area contributed by atoms with E-state index in [1.54, 1.807) is 30.5 Å². The molecule has 14 heteroatoms. The Bertz CT molecular complexity index is 1580. The number of carbonyl (C=O) groups is 1. The highest BCUT2D eigenvalue weighted by Crippen LogP contribution is 2.35. The lowest BCUT2D eigenvalue weighted by Gasteiger charge is -2.23. The molecule has 0 saturated carbocycles. The molecule has 1 unspecified atom stereocenters. The molecule has 1 atom stereocenters. The summed E-state index contributed by atoms with van der Waals surface area (Å²) >= 11 is -1.65. The molecule has 11 nitrogen and oxygen atoms in total. The van der Waals surface area contributed by atoms with Crippen LogP contribution >= 0.6 is 0 Å². The van der Waals surface area contributed by atoms with Crippen LogP contribution in [-0.2, 0) is 11.2 Å². The van der Waals surface area contributed by atoms with Gasteiger partial charge in [0.05, 0.1) is 35.6 Å². The zero-order valence-electron chi connectivity index (χ0n) is 25.5. The average molecular weight is 619 g/mol. The lowest BCUT2D eigenvalue weighted by Crippen LogP contribution is -2.26. The van der Waals surface area contributed by atoms with Crippen molar-refractivity contribution in [3.05, 3.63) is 59.7 Å². The second kappa shape index (κ2) is 16.4. The van der Waals surface area contributed by atoms with Gasteiger partial charge in [0.15, 0.2) is 29.0 Å². The minimum atomic E-state index is -1.65. The Kier molecular flexibility index (Phi) is 12.6. The predicted octanol–water partition coefficient (Wildman–Crippen LogP) is 6.16. The largest absolute Gasteiger partial charge is 0.453 e.